The Balaban J connectivity index is 1.59. The Hall–Kier alpha value is -1.22. The summed E-state index contributed by atoms with van der Waals surface area (Å²) in [6, 6.07) is 14.3. The summed E-state index contributed by atoms with van der Waals surface area (Å²) < 4.78 is 23.6. The molecule has 4 rings (SSSR count). The molecule has 150 valence electrons. The molecule has 0 saturated carbocycles. The van der Waals surface area contributed by atoms with E-state index in [0.717, 1.165) is 0 Å². The summed E-state index contributed by atoms with van der Waals surface area (Å²) in [7, 11) is 0. The van der Waals surface area contributed by atoms with Gasteiger partial charge >= 0.3 is 0 Å². The van der Waals surface area contributed by atoms with Gasteiger partial charge in [-0.25, -0.2) is 0 Å². The average Bonchev–Trinajstić information content (AvgIpc) is 3.11. The molecule has 6 atom stereocenters. The maximum absolute atomic E-state index is 10.8. The Morgan fingerprint density at radius 1 is 0.857 bits per heavy atom. The first-order chi connectivity index (χ1) is 13.6. The van der Waals surface area contributed by atoms with Crippen molar-refractivity contribution in [3.63, 3.8) is 0 Å². The molecule has 6 nitrogen and oxygen atoms in total. The topological polar surface area (TPSA) is 77.4 Å². The Labute approximate surface area is 172 Å². The quantitative estimate of drug-likeness (QED) is 0.784. The molecular weight excluding hydrogens is 407 g/mol. The van der Waals surface area contributed by atoms with Crippen LogP contribution in [0.25, 0.3) is 0 Å². The molecule has 0 aliphatic carbocycles. The Bertz CT molecular complexity index is 819. The Kier molecular flexibility index (Phi) is 6.20. The van der Waals surface area contributed by atoms with Crippen LogP contribution in [0.5, 0.6) is 0 Å². The van der Waals surface area contributed by atoms with Crippen molar-refractivity contribution in [2.24, 2.45) is 0 Å². The van der Waals surface area contributed by atoms with E-state index >= 15 is 0 Å². The molecule has 0 radical (unpaired) electrons. The number of aliphatic hydroxyl groups excluding tert-OH is 2. The third kappa shape index (κ3) is 3.92. The monoisotopic (exact) mass is 426 g/mol. The van der Waals surface area contributed by atoms with Crippen LogP contribution < -0.4 is 0 Å². The summed E-state index contributed by atoms with van der Waals surface area (Å²) in [5.41, 5.74) is 1.27. The maximum atomic E-state index is 10.8. The highest BCUT2D eigenvalue weighted by Gasteiger charge is 2.47. The van der Waals surface area contributed by atoms with Crippen molar-refractivity contribution in [2.45, 2.75) is 37.0 Å². The summed E-state index contributed by atoms with van der Waals surface area (Å²) in [5, 5.41) is 21.5. The third-order valence-electron chi connectivity index (χ3n) is 4.87. The summed E-state index contributed by atoms with van der Waals surface area (Å²) >= 11 is 12.5. The lowest BCUT2D eigenvalue weighted by atomic mass is 10.0. The van der Waals surface area contributed by atoms with Crippen LogP contribution in [0.4, 0.5) is 0 Å². The van der Waals surface area contributed by atoms with Crippen LogP contribution >= 0.6 is 23.2 Å². The molecule has 0 amide bonds. The van der Waals surface area contributed by atoms with Gasteiger partial charge in [0.15, 0.2) is 12.6 Å². The Morgan fingerprint density at radius 3 is 2.07 bits per heavy atom. The summed E-state index contributed by atoms with van der Waals surface area (Å²) in [4.78, 5) is 0. The van der Waals surface area contributed by atoms with Gasteiger partial charge in [-0.2, -0.15) is 0 Å². The second-order valence-corrected chi connectivity index (χ2v) is 7.48. The van der Waals surface area contributed by atoms with Gasteiger partial charge in [0.2, 0.25) is 0 Å². The zero-order valence-electron chi connectivity index (χ0n) is 14.8. The van der Waals surface area contributed by atoms with Crippen molar-refractivity contribution in [3.8, 4) is 0 Å². The fourth-order valence-corrected chi connectivity index (χ4v) is 3.85. The van der Waals surface area contributed by atoms with E-state index in [0.29, 0.717) is 21.2 Å². The largest absolute Gasteiger partial charge is 0.394 e. The first-order valence-corrected chi connectivity index (χ1v) is 9.70. The van der Waals surface area contributed by atoms with Crippen LogP contribution in [-0.4, -0.2) is 47.8 Å². The van der Waals surface area contributed by atoms with Crippen molar-refractivity contribution < 1.29 is 29.2 Å². The molecule has 8 heteroatoms. The molecule has 2 unspecified atom stereocenters. The van der Waals surface area contributed by atoms with Gasteiger partial charge in [0, 0.05) is 21.2 Å². The van der Waals surface area contributed by atoms with Crippen molar-refractivity contribution in [2.75, 3.05) is 13.2 Å². The zero-order chi connectivity index (χ0) is 19.7. The number of halogens is 2. The number of hydrogen-bond donors (Lipinski definition) is 2. The lowest BCUT2D eigenvalue weighted by Gasteiger charge is -2.34. The van der Waals surface area contributed by atoms with Gasteiger partial charge in [-0.3, -0.25) is 0 Å². The van der Waals surface area contributed by atoms with Gasteiger partial charge in [-0.1, -0.05) is 59.6 Å². The number of hydrogen-bond acceptors (Lipinski definition) is 6. The molecule has 0 aromatic heterocycles. The van der Waals surface area contributed by atoms with Crippen LogP contribution in [0.1, 0.15) is 23.7 Å². The molecule has 2 fully saturated rings. The maximum Gasteiger partial charge on any atom is 0.186 e. The molecule has 0 bridgehead atoms. The van der Waals surface area contributed by atoms with Crippen LogP contribution in [0.3, 0.4) is 0 Å². The number of ether oxygens (including phenoxy) is 4. The van der Waals surface area contributed by atoms with E-state index in [1.54, 1.807) is 30.3 Å². The van der Waals surface area contributed by atoms with E-state index in [2.05, 4.69) is 0 Å². The van der Waals surface area contributed by atoms with E-state index in [9.17, 15) is 10.2 Å². The van der Waals surface area contributed by atoms with Gasteiger partial charge in [0.25, 0.3) is 0 Å². The third-order valence-corrected chi connectivity index (χ3v) is 5.56. The first-order valence-electron chi connectivity index (χ1n) is 8.94. The smallest absolute Gasteiger partial charge is 0.186 e. The van der Waals surface area contributed by atoms with E-state index in [-0.39, 0.29) is 6.61 Å². The van der Waals surface area contributed by atoms with E-state index in [4.69, 9.17) is 42.1 Å². The van der Waals surface area contributed by atoms with Crippen LogP contribution in [0, 0.1) is 0 Å². The fourth-order valence-electron chi connectivity index (χ4n) is 3.40. The van der Waals surface area contributed by atoms with Crippen molar-refractivity contribution in [3.05, 3.63) is 69.7 Å². The summed E-state index contributed by atoms with van der Waals surface area (Å²) in [5.74, 6) is 0. The molecule has 2 aliphatic rings. The van der Waals surface area contributed by atoms with Crippen LogP contribution in [0.2, 0.25) is 10.0 Å². The summed E-state index contributed by atoms with van der Waals surface area (Å²) in [6.07, 6.45) is -4.99. The lowest BCUT2D eigenvalue weighted by Crippen LogP contribution is -2.49. The van der Waals surface area contributed by atoms with Gasteiger partial charge in [0.1, 0.15) is 24.4 Å². The highest BCUT2D eigenvalue weighted by molar-refractivity contribution is 6.31. The van der Waals surface area contributed by atoms with Gasteiger partial charge in [-0.05, 0) is 12.1 Å². The minimum atomic E-state index is -1.13. The molecule has 2 saturated heterocycles. The number of fused-ring (bicyclic) bond motifs is 1. The van der Waals surface area contributed by atoms with Gasteiger partial charge in [0.05, 0.1) is 13.2 Å². The van der Waals surface area contributed by atoms with Gasteiger partial charge in [-0.15, -0.1) is 0 Å². The predicted molar refractivity (Wildman–Crippen MR) is 102 cm³/mol. The minimum absolute atomic E-state index is 0.108. The minimum Gasteiger partial charge on any atom is -0.394 e. The van der Waals surface area contributed by atoms with E-state index in [1.807, 2.05) is 18.2 Å². The molecule has 0 spiro atoms. The number of aliphatic hydroxyl groups is 2. The SMILES string of the molecule is OC[C@@H]1OC(c2ccccc2Cl)OC[C@H]2OC(c3ccccc3Cl)O[C@@H]2[C@H]1O. The van der Waals surface area contributed by atoms with E-state index < -0.39 is 43.6 Å². The number of benzene rings is 2. The van der Waals surface area contributed by atoms with Crippen LogP contribution in [-0.2, 0) is 18.9 Å². The normalized spacial score (nSPS) is 33.1. The molecule has 28 heavy (non-hydrogen) atoms. The fraction of sp³-hybridized carbons (Fsp3) is 0.400. The first kappa shape index (κ1) is 20.1. The molecule has 2 aromatic rings. The molecule has 2 aliphatic heterocycles. The highest BCUT2D eigenvalue weighted by atomic mass is 35.5. The molecule has 2 N–H and O–H groups in total. The van der Waals surface area contributed by atoms with Crippen molar-refractivity contribution >= 4 is 23.2 Å². The lowest BCUT2D eigenvalue weighted by molar-refractivity contribution is -0.241. The highest BCUT2D eigenvalue weighted by Crippen LogP contribution is 2.39. The summed E-state index contributed by atoms with van der Waals surface area (Å²) in [6.45, 7) is -0.314. The zero-order valence-corrected chi connectivity index (χ0v) is 16.3. The molecular formula is C20H20Cl2O6. The van der Waals surface area contributed by atoms with Crippen molar-refractivity contribution in [1.82, 2.24) is 0 Å². The van der Waals surface area contributed by atoms with Crippen molar-refractivity contribution in [1.29, 1.82) is 0 Å². The van der Waals surface area contributed by atoms with Gasteiger partial charge < -0.3 is 29.2 Å². The second kappa shape index (κ2) is 8.65. The molecule has 2 heterocycles. The predicted octanol–water partition coefficient (Wildman–Crippen LogP) is 3.24. The van der Waals surface area contributed by atoms with E-state index in [1.165, 1.54) is 0 Å². The standard InChI is InChI=1S/C20H20Cl2O6/c21-13-7-3-1-5-11(13)19-25-10-16-18(17(24)15(9-23)26-19)28-20(27-16)12-6-2-4-8-14(12)22/h1-8,15-20,23-24H,9-10H2/t15-,16+,17-,18-,19?,20?/m0/s1. The van der Waals surface area contributed by atoms with Crippen LogP contribution in [0.15, 0.2) is 48.5 Å². The Morgan fingerprint density at radius 2 is 1.46 bits per heavy atom. The average molecular weight is 427 g/mol. The second-order valence-electron chi connectivity index (χ2n) is 6.66. The number of rotatable bonds is 3. The molecule has 2 aromatic carbocycles.